The zero-order valence-electron chi connectivity index (χ0n) is 25.5. The van der Waals surface area contributed by atoms with Crippen molar-refractivity contribution in [2.24, 2.45) is 0 Å². The number of piperidine rings is 2. The number of alkyl halides is 3. The second-order valence-corrected chi connectivity index (χ2v) is 13.3. The molecule has 1 atom stereocenters. The molecule has 5 rings (SSSR count). The molecule has 1 aromatic carbocycles. The number of halogens is 4. The molecule has 10 nitrogen and oxygen atoms in total. The zero-order chi connectivity index (χ0) is 32.5. The third-order valence-electron chi connectivity index (χ3n) is 9.01. The summed E-state index contributed by atoms with van der Waals surface area (Å²) in [4.78, 5) is 47.3. The molecule has 3 N–H and O–H groups in total. The number of amides is 5. The number of rotatable bonds is 7. The van der Waals surface area contributed by atoms with Crippen LogP contribution in [0.4, 0.5) is 33.4 Å². The number of hydrogen-bond donors (Lipinski definition) is 3. The molecule has 1 aromatic heterocycles. The Bertz CT molecular complexity index is 1410. The summed E-state index contributed by atoms with van der Waals surface area (Å²) >= 11 is 7.73. The molecular weight excluding hydrogens is 631 g/mol. The number of nitrogens with one attached hydrogen (secondary N) is 3. The van der Waals surface area contributed by atoms with Gasteiger partial charge in [-0.15, -0.1) is 11.3 Å². The van der Waals surface area contributed by atoms with E-state index in [1.165, 1.54) is 24.5 Å². The largest absolute Gasteiger partial charge is 0.418 e. The minimum atomic E-state index is -4.67. The third-order valence-corrected chi connectivity index (χ3v) is 10.2. The van der Waals surface area contributed by atoms with Crippen LogP contribution in [0.15, 0.2) is 23.6 Å². The SMILES string of the molecule is CNc1c(Cl)cc(C[C@@H](NC(=O)N2CCC(N3Cc4ccsc4NC3=O)CC2)C(=O)N2CCC(N(C)C)CC2)cc1C(F)(F)F. The number of anilines is 2. The van der Waals surface area contributed by atoms with Crippen molar-refractivity contribution < 1.29 is 27.6 Å². The number of urea groups is 2. The monoisotopic (exact) mass is 669 g/mol. The van der Waals surface area contributed by atoms with Gasteiger partial charge in [-0.25, -0.2) is 9.59 Å². The van der Waals surface area contributed by atoms with Crippen LogP contribution in [-0.2, 0) is 23.9 Å². The first-order chi connectivity index (χ1) is 21.3. The molecule has 2 saturated heterocycles. The lowest BCUT2D eigenvalue weighted by molar-refractivity contribution is -0.137. The van der Waals surface area contributed by atoms with Crippen LogP contribution in [0.3, 0.4) is 0 Å². The Morgan fingerprint density at radius 1 is 1.11 bits per heavy atom. The fourth-order valence-corrected chi connectivity index (χ4v) is 7.56. The number of nitrogens with zero attached hydrogens (tertiary/aromatic N) is 4. The van der Waals surface area contributed by atoms with Crippen LogP contribution < -0.4 is 16.0 Å². The number of carbonyl (C=O) groups is 3. The van der Waals surface area contributed by atoms with Crippen molar-refractivity contribution in [3.05, 3.63) is 45.3 Å². The molecule has 3 aliphatic rings. The Labute approximate surface area is 269 Å². The van der Waals surface area contributed by atoms with Crippen molar-refractivity contribution in [1.82, 2.24) is 24.9 Å². The number of benzene rings is 1. The summed E-state index contributed by atoms with van der Waals surface area (Å²) in [6.07, 6.45) is -2.19. The Hall–Kier alpha value is -3.23. The lowest BCUT2D eigenvalue weighted by Gasteiger charge is -2.40. The Morgan fingerprint density at radius 3 is 2.40 bits per heavy atom. The number of hydrogen-bond acceptors (Lipinski definition) is 6. The van der Waals surface area contributed by atoms with Gasteiger partial charge in [0, 0.05) is 57.3 Å². The van der Waals surface area contributed by atoms with Crippen LogP contribution in [0, 0.1) is 0 Å². The lowest BCUT2D eigenvalue weighted by atomic mass is 9.98. The smallest absolute Gasteiger partial charge is 0.386 e. The summed E-state index contributed by atoms with van der Waals surface area (Å²) in [5.41, 5.74) is 0.0735. The van der Waals surface area contributed by atoms with Gasteiger partial charge in [0.2, 0.25) is 5.91 Å². The molecule has 0 bridgehead atoms. The summed E-state index contributed by atoms with van der Waals surface area (Å²) in [6, 6.07) is 2.94. The molecule has 15 heteroatoms. The first-order valence-corrected chi connectivity index (χ1v) is 16.3. The molecule has 246 valence electrons. The van der Waals surface area contributed by atoms with Gasteiger partial charge in [-0.05, 0) is 68.9 Å². The minimum absolute atomic E-state index is 0.0499. The van der Waals surface area contributed by atoms with Crippen molar-refractivity contribution >= 4 is 51.6 Å². The molecule has 45 heavy (non-hydrogen) atoms. The molecule has 0 aliphatic carbocycles. The van der Waals surface area contributed by atoms with Crippen molar-refractivity contribution in [2.45, 2.75) is 63.0 Å². The van der Waals surface area contributed by atoms with E-state index in [2.05, 4.69) is 20.9 Å². The molecule has 0 unspecified atom stereocenters. The van der Waals surface area contributed by atoms with Gasteiger partial charge >= 0.3 is 18.2 Å². The van der Waals surface area contributed by atoms with Gasteiger partial charge in [0.1, 0.15) is 11.0 Å². The predicted molar refractivity (Wildman–Crippen MR) is 169 cm³/mol. The zero-order valence-corrected chi connectivity index (χ0v) is 27.1. The van der Waals surface area contributed by atoms with Gasteiger partial charge in [-0.3, -0.25) is 10.1 Å². The van der Waals surface area contributed by atoms with Crippen LogP contribution in [0.2, 0.25) is 5.02 Å². The molecule has 2 fully saturated rings. The van der Waals surface area contributed by atoms with Gasteiger partial charge in [-0.2, -0.15) is 13.2 Å². The van der Waals surface area contributed by atoms with Gasteiger partial charge in [-0.1, -0.05) is 11.6 Å². The standard InChI is InChI=1S/C30H39ClF3N7O3S/c1-35-25-22(30(32,33)34)14-18(15-23(25)31)16-24(27(42)39-9-4-20(5-10-39)38(2)3)36-28(43)40-11-6-21(7-12-40)41-17-19-8-13-45-26(19)37-29(41)44/h8,13-15,20-21,24,35H,4-7,9-12,16-17H2,1-3H3,(H,36,43)(H,37,44)/t24-/m1/s1. The number of fused-ring (bicyclic) bond motifs is 1. The normalized spacial score (nSPS) is 18.9. The van der Waals surface area contributed by atoms with Crippen molar-refractivity contribution in [1.29, 1.82) is 0 Å². The topological polar surface area (TPSA) is 100 Å². The fourth-order valence-electron chi connectivity index (χ4n) is 6.43. The highest BCUT2D eigenvalue weighted by Crippen LogP contribution is 2.40. The molecule has 3 aliphatic heterocycles. The molecule has 0 saturated carbocycles. The van der Waals surface area contributed by atoms with E-state index in [-0.39, 0.29) is 40.7 Å². The molecule has 2 aromatic rings. The maximum Gasteiger partial charge on any atom is 0.418 e. The summed E-state index contributed by atoms with van der Waals surface area (Å²) in [5, 5.41) is 11.0. The van der Waals surface area contributed by atoms with E-state index in [0.29, 0.717) is 51.6 Å². The quantitative estimate of drug-likeness (QED) is 0.379. The minimum Gasteiger partial charge on any atom is -0.386 e. The highest BCUT2D eigenvalue weighted by atomic mass is 35.5. The Morgan fingerprint density at radius 2 is 1.78 bits per heavy atom. The van der Waals surface area contributed by atoms with Gasteiger partial charge in [0.05, 0.1) is 22.8 Å². The second kappa shape index (κ2) is 13.6. The van der Waals surface area contributed by atoms with Gasteiger partial charge < -0.3 is 30.2 Å². The van der Waals surface area contributed by atoms with E-state index in [4.69, 9.17) is 11.6 Å². The molecule has 5 amide bonds. The van der Waals surface area contributed by atoms with Crippen LogP contribution in [0.25, 0.3) is 0 Å². The van der Waals surface area contributed by atoms with Crippen LogP contribution in [0.1, 0.15) is 42.4 Å². The van der Waals surface area contributed by atoms with Crippen LogP contribution in [-0.4, -0.2) is 103 Å². The third kappa shape index (κ3) is 7.44. The summed E-state index contributed by atoms with van der Waals surface area (Å²) in [5.74, 6) is -0.339. The lowest BCUT2D eigenvalue weighted by Crippen LogP contribution is -2.57. The first-order valence-electron chi connectivity index (χ1n) is 15.1. The average molecular weight is 670 g/mol. The number of thiophene rings is 1. The summed E-state index contributed by atoms with van der Waals surface area (Å²) < 4.78 is 41.7. The number of likely N-dealkylation sites (tertiary alicyclic amines) is 2. The predicted octanol–water partition coefficient (Wildman–Crippen LogP) is 5.15. The summed E-state index contributed by atoms with van der Waals surface area (Å²) in [6.45, 7) is 2.21. The van der Waals surface area contributed by atoms with Crippen LogP contribution >= 0.6 is 22.9 Å². The molecular formula is C30H39ClF3N7O3S. The van der Waals surface area contributed by atoms with Gasteiger partial charge in [0.25, 0.3) is 0 Å². The molecule has 0 radical (unpaired) electrons. The Balaban J connectivity index is 1.29. The van der Waals surface area contributed by atoms with Gasteiger partial charge in [0.15, 0.2) is 0 Å². The van der Waals surface area contributed by atoms with E-state index in [9.17, 15) is 27.6 Å². The highest BCUT2D eigenvalue weighted by molar-refractivity contribution is 7.14. The van der Waals surface area contributed by atoms with E-state index in [1.54, 1.807) is 14.7 Å². The molecule has 0 spiro atoms. The van der Waals surface area contributed by atoms with E-state index in [1.807, 2.05) is 25.5 Å². The van der Waals surface area contributed by atoms with E-state index >= 15 is 0 Å². The fraction of sp³-hybridized carbons (Fsp3) is 0.567. The second-order valence-electron chi connectivity index (χ2n) is 12.0. The van der Waals surface area contributed by atoms with E-state index < -0.39 is 23.8 Å². The van der Waals surface area contributed by atoms with Crippen LogP contribution in [0.5, 0.6) is 0 Å². The Kier molecular flexibility index (Phi) is 10.0. The maximum atomic E-state index is 13.9. The maximum absolute atomic E-state index is 13.9. The van der Waals surface area contributed by atoms with E-state index in [0.717, 1.165) is 29.5 Å². The average Bonchev–Trinajstić information content (AvgIpc) is 3.46. The first kappa shape index (κ1) is 33.1. The molecule has 4 heterocycles. The number of carbonyl (C=O) groups excluding carboxylic acids is 3. The highest BCUT2D eigenvalue weighted by Gasteiger charge is 2.37. The summed E-state index contributed by atoms with van der Waals surface area (Å²) in [7, 11) is 5.34. The van der Waals surface area contributed by atoms with Crippen molar-refractivity contribution in [3.63, 3.8) is 0 Å². The van der Waals surface area contributed by atoms with Crippen molar-refractivity contribution in [3.8, 4) is 0 Å². The van der Waals surface area contributed by atoms with Crippen molar-refractivity contribution in [2.75, 3.05) is 58.0 Å².